The lowest BCUT2D eigenvalue weighted by atomic mass is 10.0. The summed E-state index contributed by atoms with van der Waals surface area (Å²) in [7, 11) is 1.58. The minimum atomic E-state index is -0.382. The summed E-state index contributed by atoms with van der Waals surface area (Å²) in [5.74, 6) is 0.334. The molecule has 0 saturated heterocycles. The fourth-order valence-electron chi connectivity index (χ4n) is 2.55. The number of nitriles is 2. The number of hydrogen-bond acceptors (Lipinski definition) is 3. The van der Waals surface area contributed by atoms with Crippen LogP contribution in [0.25, 0.3) is 28.2 Å². The first kappa shape index (κ1) is 15.3. The van der Waals surface area contributed by atoms with Gasteiger partial charge in [-0.2, -0.15) is 10.5 Å². The number of fused-ring (bicyclic) bond motifs is 1. The van der Waals surface area contributed by atoms with E-state index in [1.165, 1.54) is 18.2 Å². The predicted octanol–water partition coefficient (Wildman–Crippen LogP) is 4.41. The molecule has 0 aliphatic rings. The highest BCUT2D eigenvalue weighted by atomic mass is 19.1. The van der Waals surface area contributed by atoms with Gasteiger partial charge in [-0.1, -0.05) is 0 Å². The SMILES string of the molecule is COc1ccc(-c2[nH]c3ccc(F)cc3c2C=C(C#N)C#N)cc1. The van der Waals surface area contributed by atoms with Gasteiger partial charge in [-0.25, -0.2) is 4.39 Å². The second-order valence-electron chi connectivity index (χ2n) is 5.11. The van der Waals surface area contributed by atoms with E-state index < -0.39 is 0 Å². The lowest BCUT2D eigenvalue weighted by Gasteiger charge is -2.03. The third-order valence-electron chi connectivity index (χ3n) is 3.71. The van der Waals surface area contributed by atoms with Gasteiger partial charge in [0, 0.05) is 16.5 Å². The van der Waals surface area contributed by atoms with Gasteiger partial charge >= 0.3 is 0 Å². The average Bonchev–Trinajstić information content (AvgIpc) is 2.97. The van der Waals surface area contributed by atoms with Crippen LogP contribution in [0.3, 0.4) is 0 Å². The van der Waals surface area contributed by atoms with Crippen LogP contribution in [-0.2, 0) is 0 Å². The Hall–Kier alpha value is -3.57. The van der Waals surface area contributed by atoms with Crippen LogP contribution in [0.1, 0.15) is 5.56 Å². The normalized spacial score (nSPS) is 10.0. The topological polar surface area (TPSA) is 72.6 Å². The molecule has 0 fully saturated rings. The van der Waals surface area contributed by atoms with Crippen LogP contribution in [0.4, 0.5) is 4.39 Å². The van der Waals surface area contributed by atoms with E-state index in [-0.39, 0.29) is 11.4 Å². The van der Waals surface area contributed by atoms with E-state index in [9.17, 15) is 4.39 Å². The highest BCUT2D eigenvalue weighted by molar-refractivity contribution is 5.97. The van der Waals surface area contributed by atoms with Crippen molar-refractivity contribution in [3.63, 3.8) is 0 Å². The molecule has 116 valence electrons. The molecule has 1 N–H and O–H groups in total. The van der Waals surface area contributed by atoms with E-state index >= 15 is 0 Å². The molecular formula is C19H12FN3O. The fourth-order valence-corrected chi connectivity index (χ4v) is 2.55. The van der Waals surface area contributed by atoms with Crippen molar-refractivity contribution in [1.82, 2.24) is 4.98 Å². The number of allylic oxidation sites excluding steroid dienone is 1. The molecule has 2 aromatic carbocycles. The van der Waals surface area contributed by atoms with Gasteiger partial charge in [0.15, 0.2) is 0 Å². The van der Waals surface area contributed by atoms with E-state index in [1.54, 1.807) is 13.2 Å². The Labute approximate surface area is 138 Å². The third-order valence-corrected chi connectivity index (χ3v) is 3.71. The number of aromatic nitrogens is 1. The molecular weight excluding hydrogens is 305 g/mol. The highest BCUT2D eigenvalue weighted by Gasteiger charge is 2.13. The summed E-state index contributed by atoms with van der Waals surface area (Å²) in [5, 5.41) is 18.7. The summed E-state index contributed by atoms with van der Waals surface area (Å²) in [6.45, 7) is 0. The molecule has 0 bridgehead atoms. The molecule has 5 heteroatoms. The summed E-state index contributed by atoms with van der Waals surface area (Å²) >= 11 is 0. The smallest absolute Gasteiger partial charge is 0.130 e. The zero-order chi connectivity index (χ0) is 17.1. The standard InChI is InChI=1S/C19H12FN3O/c1-24-15-5-2-13(3-6-15)19-17(8-12(10-21)11-22)16-9-14(20)4-7-18(16)23-19/h2-9,23H,1H3. The van der Waals surface area contributed by atoms with Gasteiger partial charge in [-0.15, -0.1) is 0 Å². The monoisotopic (exact) mass is 317 g/mol. The molecule has 3 aromatic rings. The number of H-pyrrole nitrogens is 1. The Kier molecular flexibility index (Phi) is 4.01. The van der Waals surface area contributed by atoms with E-state index in [0.717, 1.165) is 11.1 Å². The van der Waals surface area contributed by atoms with Gasteiger partial charge in [0.2, 0.25) is 0 Å². The van der Waals surface area contributed by atoms with Crippen molar-refractivity contribution >= 4 is 17.0 Å². The first-order valence-electron chi connectivity index (χ1n) is 7.14. The Balaban J connectivity index is 2.28. The van der Waals surface area contributed by atoms with Crippen molar-refractivity contribution in [2.75, 3.05) is 7.11 Å². The summed E-state index contributed by atoms with van der Waals surface area (Å²) in [4.78, 5) is 3.23. The fraction of sp³-hybridized carbons (Fsp3) is 0.0526. The number of halogens is 1. The van der Waals surface area contributed by atoms with Crippen molar-refractivity contribution < 1.29 is 9.13 Å². The minimum absolute atomic E-state index is 0.0464. The maximum Gasteiger partial charge on any atom is 0.130 e. The van der Waals surface area contributed by atoms with Gasteiger partial charge in [0.05, 0.1) is 12.8 Å². The average molecular weight is 317 g/mol. The van der Waals surface area contributed by atoms with Crippen LogP contribution < -0.4 is 4.74 Å². The molecule has 0 aliphatic heterocycles. The number of nitrogens with one attached hydrogen (secondary N) is 1. The van der Waals surface area contributed by atoms with Gasteiger partial charge in [0.1, 0.15) is 29.3 Å². The summed E-state index contributed by atoms with van der Waals surface area (Å²) in [6.07, 6.45) is 1.47. The largest absolute Gasteiger partial charge is 0.497 e. The number of hydrogen-bond donors (Lipinski definition) is 1. The molecule has 3 rings (SSSR count). The van der Waals surface area contributed by atoms with Crippen molar-refractivity contribution in [2.45, 2.75) is 0 Å². The Morgan fingerprint density at radius 1 is 1.12 bits per heavy atom. The first-order chi connectivity index (χ1) is 11.7. The lowest BCUT2D eigenvalue weighted by Crippen LogP contribution is -1.85. The summed E-state index contributed by atoms with van der Waals surface area (Å²) in [6, 6.07) is 15.4. The van der Waals surface area contributed by atoms with Crippen LogP contribution in [0.5, 0.6) is 5.75 Å². The number of nitrogens with zero attached hydrogens (tertiary/aromatic N) is 2. The second-order valence-corrected chi connectivity index (χ2v) is 5.11. The molecule has 0 atom stereocenters. The summed E-state index contributed by atoms with van der Waals surface area (Å²) in [5.41, 5.74) is 2.83. The lowest BCUT2D eigenvalue weighted by molar-refractivity contribution is 0.415. The van der Waals surface area contributed by atoms with Crippen LogP contribution in [-0.4, -0.2) is 12.1 Å². The Bertz CT molecular complexity index is 1000. The maximum atomic E-state index is 13.6. The van der Waals surface area contributed by atoms with Crippen LogP contribution in [0, 0.1) is 28.5 Å². The van der Waals surface area contributed by atoms with Crippen molar-refractivity contribution in [3.05, 3.63) is 59.4 Å². The molecule has 0 amide bonds. The molecule has 0 unspecified atom stereocenters. The quantitative estimate of drug-likeness (QED) is 0.727. The molecule has 24 heavy (non-hydrogen) atoms. The van der Waals surface area contributed by atoms with Crippen molar-refractivity contribution in [1.29, 1.82) is 10.5 Å². The van der Waals surface area contributed by atoms with Crippen LogP contribution >= 0.6 is 0 Å². The van der Waals surface area contributed by atoms with Gasteiger partial charge in [-0.3, -0.25) is 0 Å². The number of aromatic amines is 1. The Morgan fingerprint density at radius 2 is 1.83 bits per heavy atom. The number of ether oxygens (including phenoxy) is 1. The zero-order valence-electron chi connectivity index (χ0n) is 12.8. The van der Waals surface area contributed by atoms with E-state index in [1.807, 2.05) is 36.4 Å². The maximum absolute atomic E-state index is 13.6. The van der Waals surface area contributed by atoms with Gasteiger partial charge in [0.25, 0.3) is 0 Å². The van der Waals surface area contributed by atoms with Crippen molar-refractivity contribution in [2.24, 2.45) is 0 Å². The second kappa shape index (κ2) is 6.28. The Morgan fingerprint density at radius 3 is 2.46 bits per heavy atom. The number of methoxy groups -OCH3 is 1. The number of benzene rings is 2. The van der Waals surface area contributed by atoms with E-state index in [2.05, 4.69) is 4.98 Å². The van der Waals surface area contributed by atoms with Gasteiger partial charge < -0.3 is 9.72 Å². The van der Waals surface area contributed by atoms with Crippen LogP contribution in [0.2, 0.25) is 0 Å². The van der Waals surface area contributed by atoms with Crippen LogP contribution in [0.15, 0.2) is 48.0 Å². The third kappa shape index (κ3) is 2.71. The van der Waals surface area contributed by atoms with E-state index in [4.69, 9.17) is 15.3 Å². The van der Waals surface area contributed by atoms with E-state index in [0.29, 0.717) is 22.4 Å². The minimum Gasteiger partial charge on any atom is -0.497 e. The zero-order valence-corrected chi connectivity index (χ0v) is 12.8. The molecule has 0 aliphatic carbocycles. The molecule has 1 heterocycles. The van der Waals surface area contributed by atoms with Gasteiger partial charge in [-0.05, 0) is 54.1 Å². The highest BCUT2D eigenvalue weighted by Crippen LogP contribution is 2.33. The molecule has 4 nitrogen and oxygen atoms in total. The number of rotatable bonds is 3. The van der Waals surface area contributed by atoms with Crippen molar-refractivity contribution in [3.8, 4) is 29.1 Å². The first-order valence-corrected chi connectivity index (χ1v) is 7.14. The molecule has 0 spiro atoms. The predicted molar refractivity (Wildman–Crippen MR) is 89.4 cm³/mol. The molecule has 0 saturated carbocycles. The molecule has 0 radical (unpaired) electrons. The molecule has 1 aromatic heterocycles. The summed E-state index contributed by atoms with van der Waals surface area (Å²) < 4.78 is 18.8.